The van der Waals surface area contributed by atoms with Crippen LogP contribution < -0.4 is 15.0 Å². The first-order valence-corrected chi connectivity index (χ1v) is 27.3. The van der Waals surface area contributed by atoms with Crippen LogP contribution in [0.1, 0.15) is 125 Å². The fourth-order valence-electron chi connectivity index (χ4n) is 14.1. The standard InChI is InChI=1S/C58H66F3N9O4/c1-4-38-44(59)8-6-36-24-34(2)25-42(48(36)38)51-49(61)52-43(30-62-51)53(70-18-5-12-58(32-70)17-23-74-58)65-55(64-52)73-33-57(13-14-57)31-68-21-15-56(16-22-68)28-37(29-56)69-19-10-35(11-20-69)40-27-46-41(26-45(40)60)50(66-67(46)3)39-7-9-47(71)63-54(39)72/h6,8,24-27,30,35,37,39H,4-5,7,9-23,28-29,31-33H2,1-3H3,(H,63,71,72)/t39?,58-/m0/s1. The molecular formula is C58H66F3N9O4. The van der Waals surface area contributed by atoms with Gasteiger partial charge in [-0.25, -0.2) is 13.2 Å². The van der Waals surface area contributed by atoms with Crippen LogP contribution in [0.15, 0.2) is 42.6 Å². The molecule has 2 spiro atoms. The average Bonchev–Trinajstić information content (AvgIpc) is 4.08. The number of pyridine rings is 1. The number of nitrogens with one attached hydrogen (secondary N) is 1. The number of aryl methyl sites for hydroxylation is 3. The Morgan fingerprint density at radius 3 is 2.42 bits per heavy atom. The van der Waals surface area contributed by atoms with Crippen LogP contribution >= 0.6 is 0 Å². The summed E-state index contributed by atoms with van der Waals surface area (Å²) in [7, 11) is 1.84. The Hall–Kier alpha value is -5.71. The van der Waals surface area contributed by atoms with Crippen molar-refractivity contribution in [2.45, 2.75) is 127 Å². The lowest BCUT2D eigenvalue weighted by molar-refractivity contribution is -0.151. The first-order chi connectivity index (χ1) is 35.8. The quantitative estimate of drug-likeness (QED) is 0.125. The van der Waals surface area contributed by atoms with Crippen LogP contribution in [0, 0.1) is 35.2 Å². The average molecular weight is 1010 g/mol. The molecule has 5 saturated heterocycles. The summed E-state index contributed by atoms with van der Waals surface area (Å²) in [6.07, 6.45) is 14.4. The van der Waals surface area contributed by atoms with Crippen molar-refractivity contribution in [2.75, 3.05) is 63.9 Å². The third kappa shape index (κ3) is 8.41. The molecule has 6 aromatic rings. The second-order valence-corrected chi connectivity index (χ2v) is 23.5. The minimum absolute atomic E-state index is 0.00985. The molecule has 16 heteroatoms. The van der Waals surface area contributed by atoms with E-state index in [1.165, 1.54) is 31.7 Å². The Bertz CT molecular complexity index is 3240. The summed E-state index contributed by atoms with van der Waals surface area (Å²) in [6, 6.07) is 11.4. The summed E-state index contributed by atoms with van der Waals surface area (Å²) in [6.45, 7) is 11.5. The molecule has 13 rings (SSSR count). The second kappa shape index (κ2) is 18.2. The van der Waals surface area contributed by atoms with Crippen molar-refractivity contribution >= 4 is 50.2 Å². The molecule has 3 aromatic carbocycles. The number of imide groups is 1. The van der Waals surface area contributed by atoms with E-state index in [9.17, 15) is 9.59 Å². The van der Waals surface area contributed by atoms with Crippen molar-refractivity contribution in [1.82, 2.24) is 39.8 Å². The summed E-state index contributed by atoms with van der Waals surface area (Å²) >= 11 is 0. The smallest absolute Gasteiger partial charge is 0.319 e. The fourth-order valence-corrected chi connectivity index (χ4v) is 14.1. The highest BCUT2D eigenvalue weighted by Crippen LogP contribution is 2.54. The topological polar surface area (TPSA) is 131 Å². The number of hydrogen-bond donors (Lipinski definition) is 1. The molecule has 7 fully saturated rings. The summed E-state index contributed by atoms with van der Waals surface area (Å²) < 4.78 is 63.1. The lowest BCUT2D eigenvalue weighted by Crippen LogP contribution is -2.56. The van der Waals surface area contributed by atoms with Crippen LogP contribution in [0.25, 0.3) is 43.8 Å². The van der Waals surface area contributed by atoms with Crippen molar-refractivity contribution in [2.24, 2.45) is 17.9 Å². The first kappa shape index (κ1) is 48.0. The number of halogens is 3. The monoisotopic (exact) mass is 1010 g/mol. The molecule has 7 aliphatic rings. The van der Waals surface area contributed by atoms with Gasteiger partial charge in [-0.2, -0.15) is 15.1 Å². The maximum absolute atomic E-state index is 17.4. The first-order valence-electron chi connectivity index (χ1n) is 27.3. The molecule has 1 unspecified atom stereocenters. The van der Waals surface area contributed by atoms with Gasteiger partial charge in [-0.15, -0.1) is 0 Å². The van der Waals surface area contributed by atoms with E-state index in [2.05, 4.69) is 25.1 Å². The molecular weight excluding hydrogens is 944 g/mol. The number of rotatable bonds is 11. The number of benzene rings is 3. The fraction of sp³-hybridized carbons (Fsp3) is 0.552. The van der Waals surface area contributed by atoms with Gasteiger partial charge in [0.1, 0.15) is 28.7 Å². The Balaban J connectivity index is 0.657. The molecule has 2 atom stereocenters. The van der Waals surface area contributed by atoms with Crippen LogP contribution in [0.2, 0.25) is 0 Å². The van der Waals surface area contributed by atoms with E-state index in [4.69, 9.17) is 24.4 Å². The van der Waals surface area contributed by atoms with E-state index >= 15 is 13.2 Å². The van der Waals surface area contributed by atoms with Crippen LogP contribution in [0.4, 0.5) is 19.0 Å². The number of aromatic nitrogens is 5. The zero-order valence-corrected chi connectivity index (χ0v) is 42.9. The molecule has 13 nitrogen and oxygen atoms in total. The number of amides is 2. The lowest BCUT2D eigenvalue weighted by Gasteiger charge is -2.56. The van der Waals surface area contributed by atoms with Gasteiger partial charge in [0.25, 0.3) is 0 Å². The summed E-state index contributed by atoms with van der Waals surface area (Å²) in [5.74, 6) is -1.59. The molecule has 2 aliphatic carbocycles. The zero-order valence-electron chi connectivity index (χ0n) is 42.9. The predicted octanol–water partition coefficient (Wildman–Crippen LogP) is 9.58. The molecule has 2 saturated carbocycles. The third-order valence-corrected chi connectivity index (χ3v) is 18.7. The number of carbonyl (C=O) groups is 2. The number of anilines is 1. The molecule has 74 heavy (non-hydrogen) atoms. The van der Waals surface area contributed by atoms with Crippen LogP contribution in [-0.4, -0.2) is 117 Å². The van der Waals surface area contributed by atoms with Crippen LogP contribution in [0.3, 0.4) is 0 Å². The predicted molar refractivity (Wildman–Crippen MR) is 277 cm³/mol. The number of fused-ring (bicyclic) bond motifs is 3. The minimum Gasteiger partial charge on any atom is -0.463 e. The van der Waals surface area contributed by atoms with E-state index in [-0.39, 0.29) is 64.0 Å². The second-order valence-electron chi connectivity index (χ2n) is 23.5. The maximum Gasteiger partial charge on any atom is 0.319 e. The molecule has 8 heterocycles. The molecule has 1 N–H and O–H groups in total. The van der Waals surface area contributed by atoms with Crippen molar-refractivity contribution in [3.05, 3.63) is 82.4 Å². The Labute approximate surface area is 429 Å². The number of hydrogen-bond acceptors (Lipinski definition) is 11. The van der Waals surface area contributed by atoms with Crippen LogP contribution in [-0.2, 0) is 27.8 Å². The van der Waals surface area contributed by atoms with E-state index in [0.29, 0.717) is 76.2 Å². The van der Waals surface area contributed by atoms with E-state index < -0.39 is 11.7 Å². The number of likely N-dealkylation sites (tertiary alicyclic amines) is 2. The third-order valence-electron chi connectivity index (χ3n) is 18.7. The molecule has 2 amide bonds. The van der Waals surface area contributed by atoms with Gasteiger partial charge in [0, 0.05) is 68.1 Å². The van der Waals surface area contributed by atoms with E-state index in [1.54, 1.807) is 23.0 Å². The number of piperidine rings is 4. The van der Waals surface area contributed by atoms with Gasteiger partial charge in [-0.05, 0) is 173 Å². The van der Waals surface area contributed by atoms with Gasteiger partial charge in [0.15, 0.2) is 5.82 Å². The highest BCUT2D eigenvalue weighted by Gasteiger charge is 2.51. The maximum atomic E-state index is 17.4. The van der Waals surface area contributed by atoms with Gasteiger partial charge < -0.3 is 24.2 Å². The van der Waals surface area contributed by atoms with Crippen molar-refractivity contribution in [3.63, 3.8) is 0 Å². The molecule has 5 aliphatic heterocycles. The van der Waals surface area contributed by atoms with E-state index in [0.717, 1.165) is 113 Å². The molecule has 388 valence electrons. The molecule has 0 bridgehead atoms. The van der Waals surface area contributed by atoms with Crippen molar-refractivity contribution in [3.8, 4) is 17.3 Å². The van der Waals surface area contributed by atoms with Gasteiger partial charge in [0.05, 0.1) is 41.3 Å². The minimum atomic E-state index is -0.564. The summed E-state index contributed by atoms with van der Waals surface area (Å²) in [4.78, 5) is 46.6. The number of carbonyl (C=O) groups excluding carboxylic acids is 2. The summed E-state index contributed by atoms with van der Waals surface area (Å²) in [5, 5.41) is 9.75. The molecule has 3 aromatic heterocycles. The van der Waals surface area contributed by atoms with Crippen molar-refractivity contribution in [1.29, 1.82) is 0 Å². The Kier molecular flexibility index (Phi) is 11.8. The van der Waals surface area contributed by atoms with Crippen molar-refractivity contribution < 1.29 is 32.2 Å². The Morgan fingerprint density at radius 1 is 0.892 bits per heavy atom. The normalized spacial score (nSPS) is 24.5. The zero-order chi connectivity index (χ0) is 50.7. The highest BCUT2D eigenvalue weighted by atomic mass is 19.1. The largest absolute Gasteiger partial charge is 0.463 e. The van der Waals surface area contributed by atoms with Gasteiger partial charge >= 0.3 is 6.01 Å². The molecule has 0 radical (unpaired) electrons. The number of ether oxygens (including phenoxy) is 2. The van der Waals surface area contributed by atoms with Gasteiger partial charge in [-0.3, -0.25) is 24.6 Å². The number of nitrogens with zero attached hydrogens (tertiary/aromatic N) is 8. The Morgan fingerprint density at radius 2 is 1.69 bits per heavy atom. The van der Waals surface area contributed by atoms with Gasteiger partial charge in [-0.1, -0.05) is 19.1 Å². The van der Waals surface area contributed by atoms with E-state index in [1.807, 2.05) is 39.1 Å². The SMILES string of the molecule is CCc1c(F)ccc2cc(C)cc(-c3ncc4c(N5CCC[C@]6(CCO6)C5)nc(OCC5(CN6CCC7(CC6)CC(N6CCC(c8cc9c(cc8F)c(C8CCC(=O)NC8=O)nn9C)CC6)C7)CC5)nc4c3F)c12. The van der Waals surface area contributed by atoms with Gasteiger partial charge in [0.2, 0.25) is 11.8 Å². The highest BCUT2D eigenvalue weighted by molar-refractivity contribution is 6.03. The van der Waals surface area contributed by atoms with Crippen LogP contribution in [0.5, 0.6) is 6.01 Å². The summed E-state index contributed by atoms with van der Waals surface area (Å²) in [5.41, 5.74) is 4.55. The lowest BCUT2D eigenvalue weighted by atomic mass is 9.59.